The van der Waals surface area contributed by atoms with Crippen molar-refractivity contribution in [1.29, 1.82) is 0 Å². The van der Waals surface area contributed by atoms with Crippen molar-refractivity contribution >= 4 is 57.5 Å². The van der Waals surface area contributed by atoms with Crippen LogP contribution in [0.4, 0.5) is 5.69 Å². The zero-order valence-electron chi connectivity index (χ0n) is 14.8. The summed E-state index contributed by atoms with van der Waals surface area (Å²) in [5.41, 5.74) is 0.405. The largest absolute Gasteiger partial charge is 0.296 e. The summed E-state index contributed by atoms with van der Waals surface area (Å²) in [4.78, 5) is 3.26. The first-order chi connectivity index (χ1) is 13.2. The van der Waals surface area contributed by atoms with Crippen LogP contribution >= 0.6 is 11.3 Å². The molecule has 1 heterocycles. The van der Waals surface area contributed by atoms with Crippen LogP contribution in [-0.2, 0) is 30.3 Å². The Labute approximate surface area is 170 Å². The van der Waals surface area contributed by atoms with E-state index in [0.29, 0.717) is 5.56 Å². The van der Waals surface area contributed by atoms with Gasteiger partial charge in [-0.3, -0.25) is 13.8 Å². The number of sulfonamides is 1. The summed E-state index contributed by atoms with van der Waals surface area (Å²) in [6, 6.07) is 6.53. The van der Waals surface area contributed by atoms with Crippen LogP contribution in [0.5, 0.6) is 0 Å². The van der Waals surface area contributed by atoms with Gasteiger partial charge in [-0.15, -0.1) is 11.3 Å². The van der Waals surface area contributed by atoms with Crippen LogP contribution in [0.1, 0.15) is 5.56 Å². The molecule has 0 unspecified atom stereocenters. The first-order valence-electron chi connectivity index (χ1n) is 7.64. The van der Waals surface area contributed by atoms with E-state index >= 15 is 0 Å². The number of hydrogen-bond acceptors (Lipinski definition) is 8. The number of thiazole rings is 1. The first-order valence-corrected chi connectivity index (χ1v) is 13.2. The van der Waals surface area contributed by atoms with Gasteiger partial charge in [0.05, 0.1) is 22.2 Å². The predicted octanol–water partition coefficient (Wildman–Crippen LogP) is 2.14. The lowest BCUT2D eigenvalue weighted by atomic mass is 10.2. The Morgan fingerprint density at radius 3 is 2.17 bits per heavy atom. The molecule has 3 aromatic rings. The Bertz CT molecular complexity index is 1460. The van der Waals surface area contributed by atoms with Crippen molar-refractivity contribution in [3.63, 3.8) is 0 Å². The minimum atomic E-state index is -4.79. The van der Waals surface area contributed by atoms with Crippen LogP contribution < -0.4 is 4.72 Å². The Morgan fingerprint density at radius 2 is 1.62 bits per heavy atom. The highest BCUT2D eigenvalue weighted by Crippen LogP contribution is 2.37. The second-order valence-electron chi connectivity index (χ2n) is 6.11. The van der Waals surface area contributed by atoms with Crippen molar-refractivity contribution in [1.82, 2.24) is 4.98 Å². The zero-order valence-corrected chi connectivity index (χ0v) is 18.1. The lowest BCUT2D eigenvalue weighted by molar-refractivity contribution is 0.481. The van der Waals surface area contributed by atoms with Crippen molar-refractivity contribution in [2.75, 3.05) is 11.0 Å². The summed E-state index contributed by atoms with van der Waals surface area (Å²) >= 11 is 0.891. The summed E-state index contributed by atoms with van der Waals surface area (Å²) in [5, 5.41) is 0.200. The molecular weight excluding hydrogens is 464 g/mol. The summed E-state index contributed by atoms with van der Waals surface area (Å²) in [6.45, 7) is 1.50. The van der Waals surface area contributed by atoms with E-state index in [0.717, 1.165) is 29.7 Å². The molecule has 0 aliphatic rings. The quantitative estimate of drug-likeness (QED) is 0.465. The number of nitrogens with zero attached hydrogens (tertiary/aromatic N) is 1. The normalized spacial score (nSPS) is 13.0. The van der Waals surface area contributed by atoms with Crippen LogP contribution in [-0.4, -0.2) is 45.6 Å². The van der Waals surface area contributed by atoms with Crippen LogP contribution in [0, 0.1) is 6.92 Å². The predicted molar refractivity (Wildman–Crippen MR) is 108 cm³/mol. The van der Waals surface area contributed by atoms with Gasteiger partial charge in [-0.2, -0.15) is 16.8 Å². The van der Waals surface area contributed by atoms with Gasteiger partial charge in [-0.25, -0.2) is 13.4 Å². The molecule has 0 atom stereocenters. The van der Waals surface area contributed by atoms with E-state index in [-0.39, 0.29) is 31.4 Å². The summed E-state index contributed by atoms with van der Waals surface area (Å²) < 4.78 is 90.9. The maximum absolute atomic E-state index is 11.7. The molecule has 0 aliphatic heterocycles. The molecule has 0 fully saturated rings. The Hall–Kier alpha value is -2.10. The molecular formula is C15H14N2O8S4. The number of hydrogen-bond donors (Lipinski definition) is 3. The standard InChI is InChI=1S/C15H14N2O8S4/c1-8-3-5-11-13(14(8)29(23,24)25)26-15(16-11)9-4-6-10(17-27(2,18)19)12(7-9)28(20,21)22/h3-7,17H,1-2H3,(H,20,21,22)(H,23,24,25). The second-order valence-corrected chi connectivity index (χ2v) is 11.6. The van der Waals surface area contributed by atoms with E-state index in [9.17, 15) is 34.4 Å². The highest BCUT2D eigenvalue weighted by molar-refractivity contribution is 7.92. The van der Waals surface area contributed by atoms with Gasteiger partial charge < -0.3 is 0 Å². The fraction of sp³-hybridized carbons (Fsp3) is 0.133. The molecule has 14 heteroatoms. The Balaban J connectivity index is 2.25. The van der Waals surface area contributed by atoms with Crippen molar-refractivity contribution in [2.45, 2.75) is 16.7 Å². The molecule has 0 saturated carbocycles. The van der Waals surface area contributed by atoms with Gasteiger partial charge in [0, 0.05) is 5.56 Å². The van der Waals surface area contributed by atoms with Crippen LogP contribution in [0.15, 0.2) is 40.1 Å². The maximum atomic E-state index is 11.7. The molecule has 2 aromatic carbocycles. The third-order valence-electron chi connectivity index (χ3n) is 3.77. The highest BCUT2D eigenvalue weighted by Gasteiger charge is 2.23. The molecule has 156 valence electrons. The topological polar surface area (TPSA) is 168 Å². The summed E-state index contributed by atoms with van der Waals surface area (Å²) in [7, 11) is -13.1. The second kappa shape index (κ2) is 7.00. The third-order valence-corrected chi connectivity index (χ3v) is 7.56. The smallest absolute Gasteiger partial charge is 0.282 e. The summed E-state index contributed by atoms with van der Waals surface area (Å²) in [6.07, 6.45) is 0.821. The molecule has 0 aliphatic carbocycles. The van der Waals surface area contributed by atoms with Crippen molar-refractivity contribution < 1.29 is 34.4 Å². The van der Waals surface area contributed by atoms with Crippen molar-refractivity contribution in [2.24, 2.45) is 0 Å². The van der Waals surface area contributed by atoms with E-state index in [2.05, 4.69) is 4.98 Å². The van der Waals surface area contributed by atoms with Crippen LogP contribution in [0.25, 0.3) is 20.8 Å². The number of rotatable bonds is 5. The van der Waals surface area contributed by atoms with Crippen molar-refractivity contribution in [3.05, 3.63) is 35.9 Å². The minimum absolute atomic E-state index is 0.175. The maximum Gasteiger partial charge on any atom is 0.296 e. The van der Waals surface area contributed by atoms with Gasteiger partial charge in [0.25, 0.3) is 20.2 Å². The van der Waals surface area contributed by atoms with Gasteiger partial charge in [-0.1, -0.05) is 6.07 Å². The molecule has 0 radical (unpaired) electrons. The molecule has 0 bridgehead atoms. The SMILES string of the molecule is Cc1ccc2nc(-c3ccc(NS(C)(=O)=O)c(S(=O)(=O)O)c3)sc2c1S(=O)(=O)O. The number of aryl methyl sites for hydroxylation is 1. The van der Waals surface area contributed by atoms with E-state index < -0.39 is 35.2 Å². The van der Waals surface area contributed by atoms with Gasteiger partial charge in [-0.05, 0) is 36.8 Å². The van der Waals surface area contributed by atoms with Crippen LogP contribution in [0.2, 0.25) is 0 Å². The number of nitrogens with one attached hydrogen (secondary N) is 1. The molecule has 0 amide bonds. The lowest BCUT2D eigenvalue weighted by Gasteiger charge is -2.09. The van der Waals surface area contributed by atoms with Crippen LogP contribution in [0.3, 0.4) is 0 Å². The van der Waals surface area contributed by atoms with E-state index in [1.807, 2.05) is 4.72 Å². The molecule has 3 N–H and O–H groups in total. The monoisotopic (exact) mass is 478 g/mol. The van der Waals surface area contributed by atoms with E-state index in [1.54, 1.807) is 6.07 Å². The molecule has 10 nitrogen and oxygen atoms in total. The number of benzene rings is 2. The summed E-state index contributed by atoms with van der Waals surface area (Å²) in [5.74, 6) is 0. The van der Waals surface area contributed by atoms with Gasteiger partial charge in [0.1, 0.15) is 14.8 Å². The van der Waals surface area contributed by atoms with Gasteiger partial charge in [0.15, 0.2) is 0 Å². The fourth-order valence-electron chi connectivity index (χ4n) is 2.66. The molecule has 3 rings (SSSR count). The zero-order chi connectivity index (χ0) is 21.8. The fourth-order valence-corrected chi connectivity index (χ4v) is 6.29. The first kappa shape index (κ1) is 21.6. The number of fused-ring (bicyclic) bond motifs is 1. The molecule has 29 heavy (non-hydrogen) atoms. The Morgan fingerprint density at radius 1 is 0.966 bits per heavy atom. The van der Waals surface area contributed by atoms with E-state index in [1.165, 1.54) is 19.1 Å². The molecule has 1 aromatic heterocycles. The minimum Gasteiger partial charge on any atom is -0.282 e. The van der Waals surface area contributed by atoms with E-state index in [4.69, 9.17) is 0 Å². The number of anilines is 1. The van der Waals surface area contributed by atoms with Gasteiger partial charge >= 0.3 is 0 Å². The third kappa shape index (κ3) is 4.57. The molecule has 0 saturated heterocycles. The lowest BCUT2D eigenvalue weighted by Crippen LogP contribution is -2.13. The highest BCUT2D eigenvalue weighted by atomic mass is 32.2. The van der Waals surface area contributed by atoms with Gasteiger partial charge in [0.2, 0.25) is 10.0 Å². The number of aromatic nitrogens is 1. The average Bonchev–Trinajstić information content (AvgIpc) is 2.94. The molecule has 0 spiro atoms. The van der Waals surface area contributed by atoms with Crippen molar-refractivity contribution in [3.8, 4) is 10.6 Å². The Kier molecular flexibility index (Phi) is 5.21. The average molecular weight is 479 g/mol.